The number of amides is 2. The van der Waals surface area contributed by atoms with Gasteiger partial charge in [-0.15, -0.1) is 0 Å². The second-order valence-electron chi connectivity index (χ2n) is 8.03. The quantitative estimate of drug-likeness (QED) is 0.857. The van der Waals surface area contributed by atoms with Crippen molar-refractivity contribution in [1.29, 1.82) is 0 Å². The van der Waals surface area contributed by atoms with Crippen LogP contribution in [0.15, 0.2) is 24.3 Å². The van der Waals surface area contributed by atoms with E-state index in [2.05, 4.69) is 5.32 Å². The monoisotopic (exact) mass is 350 g/mol. The first-order chi connectivity index (χ1) is 11.6. The van der Waals surface area contributed by atoms with Crippen LogP contribution in [0, 0.1) is 5.41 Å². The van der Waals surface area contributed by atoms with Crippen LogP contribution in [-0.4, -0.2) is 47.2 Å². The molecule has 0 radical (unpaired) electrons. The van der Waals surface area contributed by atoms with Gasteiger partial charge in [-0.3, -0.25) is 9.59 Å². The minimum Gasteiger partial charge on any atom is -0.393 e. The predicted molar refractivity (Wildman–Crippen MR) is 95.0 cm³/mol. The maximum Gasteiger partial charge on any atom is 0.227 e. The largest absolute Gasteiger partial charge is 0.393 e. The molecule has 0 aliphatic carbocycles. The summed E-state index contributed by atoms with van der Waals surface area (Å²) in [5, 5.41) is 11.9. The van der Waals surface area contributed by atoms with Gasteiger partial charge in [-0.1, -0.05) is 32.9 Å². The van der Waals surface area contributed by atoms with E-state index in [0.29, 0.717) is 18.7 Å². The maximum absolute atomic E-state index is 14.0. The van der Waals surface area contributed by atoms with Crippen molar-refractivity contribution in [2.45, 2.75) is 45.7 Å². The van der Waals surface area contributed by atoms with Gasteiger partial charge in [-0.2, -0.15) is 0 Å². The zero-order valence-corrected chi connectivity index (χ0v) is 15.1. The smallest absolute Gasteiger partial charge is 0.227 e. The number of carbonyl (C=O) groups is 2. The van der Waals surface area contributed by atoms with Crippen molar-refractivity contribution in [1.82, 2.24) is 4.90 Å². The topological polar surface area (TPSA) is 69.6 Å². The number of aliphatic hydroxyl groups is 1. The van der Waals surface area contributed by atoms with E-state index in [1.54, 1.807) is 24.3 Å². The molecule has 25 heavy (non-hydrogen) atoms. The summed E-state index contributed by atoms with van der Waals surface area (Å²) in [6.45, 7) is 5.73. The molecule has 1 heterocycles. The third kappa shape index (κ3) is 5.81. The number of carbonyl (C=O) groups excluding carboxylic acids is 2. The molecule has 2 rings (SSSR count). The summed E-state index contributed by atoms with van der Waals surface area (Å²) in [4.78, 5) is 25.6. The van der Waals surface area contributed by atoms with E-state index in [1.165, 1.54) is 4.90 Å². The van der Waals surface area contributed by atoms with Crippen LogP contribution >= 0.6 is 0 Å². The number of nitrogens with zero attached hydrogens (tertiary/aromatic N) is 1. The molecule has 1 saturated heterocycles. The molecule has 1 aromatic rings. The highest BCUT2D eigenvalue weighted by molar-refractivity contribution is 5.91. The van der Waals surface area contributed by atoms with Gasteiger partial charge in [0.15, 0.2) is 5.67 Å². The van der Waals surface area contributed by atoms with Gasteiger partial charge in [0.25, 0.3) is 0 Å². The van der Waals surface area contributed by atoms with Crippen LogP contribution in [0.2, 0.25) is 0 Å². The summed E-state index contributed by atoms with van der Waals surface area (Å²) in [5.41, 5.74) is -0.252. The van der Waals surface area contributed by atoms with Crippen molar-refractivity contribution in [2.24, 2.45) is 5.41 Å². The Hall–Kier alpha value is -1.95. The second-order valence-corrected chi connectivity index (χ2v) is 8.03. The summed E-state index contributed by atoms with van der Waals surface area (Å²) >= 11 is 0. The number of likely N-dealkylation sites (tertiary alicyclic amines) is 1. The third-order valence-corrected chi connectivity index (χ3v) is 4.22. The molecule has 1 unspecified atom stereocenters. The number of benzene rings is 1. The molecule has 1 atom stereocenters. The number of halogens is 1. The molecule has 138 valence electrons. The fraction of sp³-hybridized carbons (Fsp3) is 0.579. The molecular formula is C19H27FN2O3. The fourth-order valence-corrected chi connectivity index (χ4v) is 2.86. The van der Waals surface area contributed by atoms with Gasteiger partial charge in [0.05, 0.1) is 19.6 Å². The highest BCUT2D eigenvalue weighted by Gasteiger charge is 2.39. The van der Waals surface area contributed by atoms with Crippen LogP contribution in [0.4, 0.5) is 10.1 Å². The Labute approximate surface area is 148 Å². The van der Waals surface area contributed by atoms with Crippen LogP contribution in [-0.2, 0) is 16.0 Å². The molecule has 6 heteroatoms. The number of nitrogens with one attached hydrogen (secondary N) is 1. The van der Waals surface area contributed by atoms with Crippen LogP contribution in [0.1, 0.15) is 39.2 Å². The molecule has 5 nitrogen and oxygen atoms in total. The van der Waals surface area contributed by atoms with Crippen molar-refractivity contribution in [3.63, 3.8) is 0 Å². The summed E-state index contributed by atoms with van der Waals surface area (Å²) in [6.07, 6.45) is 0.781. The Bertz CT molecular complexity index is 625. The molecule has 2 N–H and O–H groups in total. The standard InChI is InChI=1S/C19H27FN2O3/c1-18(2,3)11-16(24)21-15-6-4-14(5-7-15)10-17(25)22-9-8-19(20,12-22)13-23/h4-7,23H,8-13H2,1-3H3,(H,21,24). The minimum absolute atomic E-state index is 0.0447. The highest BCUT2D eigenvalue weighted by Crippen LogP contribution is 2.25. The lowest BCUT2D eigenvalue weighted by molar-refractivity contribution is -0.130. The lowest BCUT2D eigenvalue weighted by Crippen LogP contribution is -2.36. The summed E-state index contributed by atoms with van der Waals surface area (Å²) in [5.74, 6) is -0.200. The molecule has 0 saturated carbocycles. The summed E-state index contributed by atoms with van der Waals surface area (Å²) < 4.78 is 14.0. The normalized spacial score (nSPS) is 20.6. The average Bonchev–Trinajstić information content (AvgIpc) is 2.91. The van der Waals surface area contributed by atoms with Crippen molar-refractivity contribution in [3.05, 3.63) is 29.8 Å². The van der Waals surface area contributed by atoms with Gasteiger partial charge < -0.3 is 15.3 Å². The molecule has 2 amide bonds. The summed E-state index contributed by atoms with van der Waals surface area (Å²) in [6, 6.07) is 7.10. The Morgan fingerprint density at radius 2 is 1.92 bits per heavy atom. The van der Waals surface area contributed by atoms with Gasteiger partial charge in [0.1, 0.15) is 0 Å². The number of hydrogen-bond donors (Lipinski definition) is 2. The zero-order chi connectivity index (χ0) is 18.7. The molecule has 0 bridgehead atoms. The molecule has 1 aliphatic heterocycles. The lowest BCUT2D eigenvalue weighted by atomic mass is 9.92. The van der Waals surface area contributed by atoms with Crippen LogP contribution in [0.5, 0.6) is 0 Å². The van der Waals surface area contributed by atoms with Gasteiger partial charge >= 0.3 is 0 Å². The van der Waals surface area contributed by atoms with Crippen molar-refractivity contribution >= 4 is 17.5 Å². The van der Waals surface area contributed by atoms with E-state index in [9.17, 15) is 14.0 Å². The first kappa shape index (κ1) is 19.4. The van der Waals surface area contributed by atoms with Crippen molar-refractivity contribution in [2.75, 3.05) is 25.0 Å². The minimum atomic E-state index is -1.67. The lowest BCUT2D eigenvalue weighted by Gasteiger charge is -2.19. The molecular weight excluding hydrogens is 323 g/mol. The number of aliphatic hydroxyl groups excluding tert-OH is 1. The van der Waals surface area contributed by atoms with E-state index < -0.39 is 12.3 Å². The first-order valence-corrected chi connectivity index (χ1v) is 8.57. The van der Waals surface area contributed by atoms with E-state index >= 15 is 0 Å². The zero-order valence-electron chi connectivity index (χ0n) is 15.1. The maximum atomic E-state index is 14.0. The van der Waals surface area contributed by atoms with E-state index in [1.807, 2.05) is 20.8 Å². The molecule has 0 aromatic heterocycles. The van der Waals surface area contributed by atoms with Crippen molar-refractivity contribution in [3.8, 4) is 0 Å². The number of anilines is 1. The van der Waals surface area contributed by atoms with E-state index in [0.717, 1.165) is 5.56 Å². The van der Waals surface area contributed by atoms with E-state index in [4.69, 9.17) is 5.11 Å². The summed E-state index contributed by atoms with van der Waals surface area (Å²) in [7, 11) is 0. The Balaban J connectivity index is 1.88. The number of alkyl halides is 1. The van der Waals surface area contributed by atoms with Crippen LogP contribution in [0.25, 0.3) is 0 Å². The van der Waals surface area contributed by atoms with Crippen LogP contribution in [0.3, 0.4) is 0 Å². The molecule has 1 fully saturated rings. The average molecular weight is 350 g/mol. The molecule has 0 spiro atoms. The van der Waals surface area contributed by atoms with Gasteiger partial charge in [0.2, 0.25) is 11.8 Å². The van der Waals surface area contributed by atoms with E-state index in [-0.39, 0.29) is 36.6 Å². The Morgan fingerprint density at radius 3 is 2.44 bits per heavy atom. The molecule has 1 aliphatic rings. The van der Waals surface area contributed by atoms with Gasteiger partial charge in [-0.25, -0.2) is 4.39 Å². The Kier molecular flexibility index (Phi) is 5.83. The number of rotatable bonds is 5. The van der Waals surface area contributed by atoms with Crippen LogP contribution < -0.4 is 5.32 Å². The first-order valence-electron chi connectivity index (χ1n) is 8.57. The predicted octanol–water partition coefficient (Wildman–Crippen LogP) is 2.54. The Morgan fingerprint density at radius 1 is 1.28 bits per heavy atom. The third-order valence-electron chi connectivity index (χ3n) is 4.22. The van der Waals surface area contributed by atoms with Crippen molar-refractivity contribution < 1.29 is 19.1 Å². The fourth-order valence-electron chi connectivity index (χ4n) is 2.86. The highest BCUT2D eigenvalue weighted by atomic mass is 19.1. The van der Waals surface area contributed by atoms with Gasteiger partial charge in [-0.05, 0) is 23.1 Å². The van der Waals surface area contributed by atoms with Gasteiger partial charge in [0, 0.05) is 25.1 Å². The SMILES string of the molecule is CC(C)(C)CC(=O)Nc1ccc(CC(=O)N2CCC(F)(CO)C2)cc1. The number of hydrogen-bond acceptors (Lipinski definition) is 3. The molecule has 1 aromatic carbocycles. The second kappa shape index (κ2) is 7.52.